The molecule has 1 N–H and O–H groups in total. The average Bonchev–Trinajstić information content (AvgIpc) is 2.50. The van der Waals surface area contributed by atoms with Gasteiger partial charge in [-0.1, -0.05) is 25.1 Å². The Kier molecular flexibility index (Phi) is 4.69. The minimum Gasteiger partial charge on any atom is -0.490 e. The van der Waals surface area contributed by atoms with Crippen LogP contribution in [0.2, 0.25) is 0 Å². The Labute approximate surface area is 122 Å². The normalized spacial score (nSPS) is 11.8. The van der Waals surface area contributed by atoms with Crippen molar-refractivity contribution in [3.8, 4) is 11.8 Å². The van der Waals surface area contributed by atoms with Crippen molar-refractivity contribution in [1.29, 1.82) is 5.26 Å². The molecule has 108 valence electrons. The van der Waals surface area contributed by atoms with Gasteiger partial charge in [-0.15, -0.1) is 0 Å². The fourth-order valence-corrected chi connectivity index (χ4v) is 2.10. The van der Waals surface area contributed by atoms with E-state index in [1.54, 1.807) is 30.3 Å². The van der Waals surface area contributed by atoms with E-state index in [1.807, 2.05) is 6.92 Å². The van der Waals surface area contributed by atoms with Crippen LogP contribution < -0.4 is 10.1 Å². The van der Waals surface area contributed by atoms with Gasteiger partial charge in [0.2, 0.25) is 0 Å². The zero-order valence-corrected chi connectivity index (χ0v) is 11.6. The van der Waals surface area contributed by atoms with Crippen LogP contribution in [0.3, 0.4) is 0 Å². The molecule has 6 nitrogen and oxygen atoms in total. The standard InChI is InChI=1S/C15H15N3O3/c1-2-17-11(9-16)10-21-15-8-7-14(18(19)20)12-5-3-4-6-13(12)15/h3-8,11,17H,2,10H2,1H3. The smallest absolute Gasteiger partial charge is 0.277 e. The predicted molar refractivity (Wildman–Crippen MR) is 79.2 cm³/mol. The molecule has 0 saturated heterocycles. The summed E-state index contributed by atoms with van der Waals surface area (Å²) in [5.74, 6) is 0.536. The van der Waals surface area contributed by atoms with Gasteiger partial charge in [-0.3, -0.25) is 15.4 Å². The summed E-state index contributed by atoms with van der Waals surface area (Å²) in [5, 5.41) is 24.2. The van der Waals surface area contributed by atoms with Crippen LogP contribution >= 0.6 is 0 Å². The minimum atomic E-state index is -0.414. The van der Waals surface area contributed by atoms with Crippen LogP contribution in [0.15, 0.2) is 36.4 Å². The summed E-state index contributed by atoms with van der Waals surface area (Å²) in [7, 11) is 0. The van der Waals surface area contributed by atoms with Gasteiger partial charge in [0.1, 0.15) is 18.4 Å². The van der Waals surface area contributed by atoms with Gasteiger partial charge < -0.3 is 4.74 Å². The van der Waals surface area contributed by atoms with Crippen molar-refractivity contribution in [2.45, 2.75) is 13.0 Å². The van der Waals surface area contributed by atoms with Gasteiger partial charge in [-0.2, -0.15) is 5.26 Å². The maximum atomic E-state index is 11.0. The average molecular weight is 285 g/mol. The van der Waals surface area contributed by atoms with Crippen LogP contribution in [0, 0.1) is 21.4 Å². The van der Waals surface area contributed by atoms with E-state index < -0.39 is 11.0 Å². The second-order valence-electron chi connectivity index (χ2n) is 4.44. The summed E-state index contributed by atoms with van der Waals surface area (Å²) in [6.07, 6.45) is 0. The highest BCUT2D eigenvalue weighted by Crippen LogP contribution is 2.32. The van der Waals surface area contributed by atoms with Gasteiger partial charge in [-0.05, 0) is 18.7 Å². The maximum absolute atomic E-state index is 11.0. The molecule has 1 atom stereocenters. The highest BCUT2D eigenvalue weighted by molar-refractivity contribution is 5.95. The quantitative estimate of drug-likeness (QED) is 0.651. The highest BCUT2D eigenvalue weighted by atomic mass is 16.6. The first kappa shape index (κ1) is 14.8. The summed E-state index contributed by atoms with van der Waals surface area (Å²) in [6, 6.07) is 11.7. The maximum Gasteiger partial charge on any atom is 0.277 e. The summed E-state index contributed by atoms with van der Waals surface area (Å²) in [4.78, 5) is 10.6. The number of hydrogen-bond donors (Lipinski definition) is 1. The molecule has 2 rings (SSSR count). The van der Waals surface area contributed by atoms with E-state index in [0.29, 0.717) is 23.1 Å². The van der Waals surface area contributed by atoms with Crippen molar-refractivity contribution >= 4 is 16.5 Å². The Balaban J connectivity index is 2.32. The molecule has 0 heterocycles. The second kappa shape index (κ2) is 6.68. The van der Waals surface area contributed by atoms with Gasteiger partial charge in [0.15, 0.2) is 0 Å². The van der Waals surface area contributed by atoms with Crippen LogP contribution in [0.4, 0.5) is 5.69 Å². The van der Waals surface area contributed by atoms with Crippen LogP contribution in [0.5, 0.6) is 5.75 Å². The molecule has 0 bridgehead atoms. The molecule has 0 fully saturated rings. The lowest BCUT2D eigenvalue weighted by molar-refractivity contribution is -0.383. The Bertz CT molecular complexity index is 694. The molecule has 2 aromatic rings. The zero-order valence-electron chi connectivity index (χ0n) is 11.6. The first-order chi connectivity index (χ1) is 10.2. The van der Waals surface area contributed by atoms with Gasteiger partial charge in [0.05, 0.1) is 16.4 Å². The van der Waals surface area contributed by atoms with E-state index in [-0.39, 0.29) is 12.3 Å². The highest BCUT2D eigenvalue weighted by Gasteiger charge is 2.15. The van der Waals surface area contributed by atoms with E-state index in [2.05, 4.69) is 11.4 Å². The van der Waals surface area contributed by atoms with E-state index in [1.165, 1.54) is 6.07 Å². The molecule has 0 aromatic heterocycles. The fraction of sp³-hybridized carbons (Fsp3) is 0.267. The zero-order chi connectivity index (χ0) is 15.2. The Hall–Kier alpha value is -2.65. The molecule has 0 aliphatic carbocycles. The molecule has 2 aromatic carbocycles. The third-order valence-corrected chi connectivity index (χ3v) is 3.07. The van der Waals surface area contributed by atoms with Crippen LogP contribution in [0.25, 0.3) is 10.8 Å². The number of non-ortho nitro benzene ring substituents is 1. The number of likely N-dealkylation sites (N-methyl/N-ethyl adjacent to an activating group) is 1. The lowest BCUT2D eigenvalue weighted by Crippen LogP contribution is -2.33. The summed E-state index contributed by atoms with van der Waals surface area (Å²) in [6.45, 7) is 2.76. The number of fused-ring (bicyclic) bond motifs is 1. The van der Waals surface area contributed by atoms with E-state index >= 15 is 0 Å². The number of rotatable bonds is 6. The molecule has 21 heavy (non-hydrogen) atoms. The van der Waals surface area contributed by atoms with Crippen molar-refractivity contribution in [2.24, 2.45) is 0 Å². The number of nitrogens with one attached hydrogen (secondary N) is 1. The molecular weight excluding hydrogens is 270 g/mol. The first-order valence-electron chi connectivity index (χ1n) is 6.59. The largest absolute Gasteiger partial charge is 0.490 e. The number of ether oxygens (including phenoxy) is 1. The minimum absolute atomic E-state index is 0.0430. The molecule has 0 radical (unpaired) electrons. The van der Waals surface area contributed by atoms with Crippen molar-refractivity contribution in [3.63, 3.8) is 0 Å². The molecular formula is C15H15N3O3. The second-order valence-corrected chi connectivity index (χ2v) is 4.44. The molecule has 0 aliphatic rings. The van der Waals surface area contributed by atoms with Gasteiger partial charge in [0.25, 0.3) is 5.69 Å². The molecule has 6 heteroatoms. The summed E-state index contributed by atoms with van der Waals surface area (Å²) < 4.78 is 5.65. The Morgan fingerprint density at radius 1 is 1.33 bits per heavy atom. The topological polar surface area (TPSA) is 88.2 Å². The van der Waals surface area contributed by atoms with Crippen molar-refractivity contribution in [2.75, 3.05) is 13.2 Å². The van der Waals surface area contributed by atoms with Crippen LogP contribution in [0.1, 0.15) is 6.92 Å². The van der Waals surface area contributed by atoms with Gasteiger partial charge in [0, 0.05) is 11.5 Å². The first-order valence-corrected chi connectivity index (χ1v) is 6.59. The van der Waals surface area contributed by atoms with Crippen molar-refractivity contribution in [3.05, 3.63) is 46.5 Å². The lowest BCUT2D eigenvalue weighted by atomic mass is 10.1. The SMILES string of the molecule is CCNC(C#N)COc1ccc([N+](=O)[O-])c2ccccc12. The lowest BCUT2D eigenvalue weighted by Gasteiger charge is -2.13. The molecule has 0 amide bonds. The van der Waals surface area contributed by atoms with E-state index in [0.717, 1.165) is 0 Å². The summed E-state index contributed by atoms with van der Waals surface area (Å²) in [5.41, 5.74) is 0.0430. The number of hydrogen-bond acceptors (Lipinski definition) is 5. The molecule has 1 unspecified atom stereocenters. The fourth-order valence-electron chi connectivity index (χ4n) is 2.10. The Morgan fingerprint density at radius 2 is 2.05 bits per heavy atom. The van der Waals surface area contributed by atoms with Crippen LogP contribution in [-0.4, -0.2) is 24.1 Å². The predicted octanol–water partition coefficient (Wildman–Crippen LogP) is 2.63. The number of nitrogens with zero attached hydrogens (tertiary/aromatic N) is 2. The molecule has 0 aliphatic heterocycles. The number of nitro benzene ring substituents is 1. The van der Waals surface area contributed by atoms with Crippen molar-refractivity contribution in [1.82, 2.24) is 5.32 Å². The molecule has 0 spiro atoms. The monoisotopic (exact) mass is 285 g/mol. The Morgan fingerprint density at radius 3 is 2.67 bits per heavy atom. The third-order valence-electron chi connectivity index (χ3n) is 3.07. The number of nitriles is 1. The van der Waals surface area contributed by atoms with E-state index in [9.17, 15) is 10.1 Å². The summed E-state index contributed by atoms with van der Waals surface area (Å²) >= 11 is 0. The van der Waals surface area contributed by atoms with Gasteiger partial charge >= 0.3 is 0 Å². The third kappa shape index (κ3) is 3.27. The van der Waals surface area contributed by atoms with Crippen LogP contribution in [-0.2, 0) is 0 Å². The van der Waals surface area contributed by atoms with Gasteiger partial charge in [-0.25, -0.2) is 0 Å². The number of nitro groups is 1. The molecule has 0 saturated carbocycles. The number of benzene rings is 2. The van der Waals surface area contributed by atoms with Crippen molar-refractivity contribution < 1.29 is 9.66 Å². The van der Waals surface area contributed by atoms with E-state index in [4.69, 9.17) is 10.00 Å².